The number of hydrogen-bond donors (Lipinski definition) is 4. The van der Waals surface area contributed by atoms with Gasteiger partial charge in [-0.1, -0.05) is 0 Å². The Kier molecular flexibility index (Phi) is 4.74. The van der Waals surface area contributed by atoms with E-state index in [4.69, 9.17) is 14.9 Å². The summed E-state index contributed by atoms with van der Waals surface area (Å²) in [5.74, 6) is -0.286. The molecule has 0 fully saturated rings. The highest BCUT2D eigenvalue weighted by Crippen LogP contribution is 2.22. The van der Waals surface area contributed by atoms with Crippen LogP contribution in [-0.2, 0) is 0 Å². The van der Waals surface area contributed by atoms with Crippen LogP contribution < -0.4 is 10.1 Å². The standard InChI is InChI=1S/C11H15NO5/c1-17-8-2-3-10(15)9(4-8)11(16)12-5-7(14)6-13/h2-4,7,13-15H,5-6H2,1H3,(H,12,16). The first-order chi connectivity index (χ1) is 8.08. The maximum atomic E-state index is 11.6. The van der Waals surface area contributed by atoms with Gasteiger partial charge in [-0.3, -0.25) is 4.79 Å². The number of nitrogens with one attached hydrogen (secondary N) is 1. The fourth-order valence-corrected chi connectivity index (χ4v) is 1.19. The molecule has 0 bridgehead atoms. The van der Waals surface area contributed by atoms with Crippen molar-refractivity contribution in [3.63, 3.8) is 0 Å². The van der Waals surface area contributed by atoms with Gasteiger partial charge in [-0.05, 0) is 18.2 Å². The molecule has 17 heavy (non-hydrogen) atoms. The minimum absolute atomic E-state index is 0.0505. The van der Waals surface area contributed by atoms with Crippen LogP contribution >= 0.6 is 0 Å². The van der Waals surface area contributed by atoms with Gasteiger partial charge in [0.15, 0.2) is 0 Å². The van der Waals surface area contributed by atoms with E-state index in [0.29, 0.717) is 5.75 Å². The number of rotatable bonds is 5. The van der Waals surface area contributed by atoms with Crippen molar-refractivity contribution in [3.05, 3.63) is 23.8 Å². The topological polar surface area (TPSA) is 99.0 Å². The quantitative estimate of drug-likeness (QED) is 0.556. The van der Waals surface area contributed by atoms with E-state index in [1.807, 2.05) is 0 Å². The van der Waals surface area contributed by atoms with Gasteiger partial charge in [-0.15, -0.1) is 0 Å². The van der Waals surface area contributed by atoms with E-state index in [1.54, 1.807) is 0 Å². The predicted molar refractivity (Wildman–Crippen MR) is 60.1 cm³/mol. The molecule has 1 amide bonds. The van der Waals surface area contributed by atoms with Crippen LogP contribution in [-0.4, -0.2) is 47.6 Å². The largest absolute Gasteiger partial charge is 0.507 e. The SMILES string of the molecule is COc1ccc(O)c(C(=O)NCC(O)CO)c1. The van der Waals surface area contributed by atoms with E-state index in [1.165, 1.54) is 25.3 Å². The van der Waals surface area contributed by atoms with Crippen molar-refractivity contribution in [3.8, 4) is 11.5 Å². The predicted octanol–water partition coefficient (Wildman–Crippen LogP) is -0.516. The van der Waals surface area contributed by atoms with E-state index in [2.05, 4.69) is 5.32 Å². The Hall–Kier alpha value is -1.79. The zero-order valence-corrected chi connectivity index (χ0v) is 9.38. The second kappa shape index (κ2) is 6.07. The zero-order valence-electron chi connectivity index (χ0n) is 9.38. The molecule has 0 aliphatic carbocycles. The molecule has 1 atom stereocenters. The summed E-state index contributed by atoms with van der Waals surface area (Å²) in [5.41, 5.74) is 0.0505. The van der Waals surface area contributed by atoms with E-state index in [-0.39, 0.29) is 17.9 Å². The van der Waals surface area contributed by atoms with Crippen LogP contribution in [0, 0.1) is 0 Å². The van der Waals surface area contributed by atoms with E-state index in [0.717, 1.165) is 0 Å². The first-order valence-corrected chi connectivity index (χ1v) is 5.02. The molecule has 0 aliphatic heterocycles. The molecule has 1 unspecified atom stereocenters. The molecule has 6 nitrogen and oxygen atoms in total. The molecule has 0 aliphatic rings. The number of ether oxygens (including phenoxy) is 1. The molecule has 0 heterocycles. The van der Waals surface area contributed by atoms with E-state index < -0.39 is 18.6 Å². The number of aliphatic hydroxyl groups excluding tert-OH is 2. The molecule has 94 valence electrons. The smallest absolute Gasteiger partial charge is 0.255 e. The van der Waals surface area contributed by atoms with Crippen LogP contribution in [0.4, 0.5) is 0 Å². The lowest BCUT2D eigenvalue weighted by Gasteiger charge is -2.10. The van der Waals surface area contributed by atoms with Crippen molar-refractivity contribution in [2.24, 2.45) is 0 Å². The van der Waals surface area contributed by atoms with Crippen LogP contribution in [0.2, 0.25) is 0 Å². The summed E-state index contributed by atoms with van der Waals surface area (Å²) >= 11 is 0. The van der Waals surface area contributed by atoms with Gasteiger partial charge in [0.05, 0.1) is 25.4 Å². The molecule has 6 heteroatoms. The number of aromatic hydroxyl groups is 1. The minimum Gasteiger partial charge on any atom is -0.507 e. The highest BCUT2D eigenvalue weighted by Gasteiger charge is 2.13. The van der Waals surface area contributed by atoms with Gasteiger partial charge in [0, 0.05) is 6.54 Å². The third-order valence-corrected chi connectivity index (χ3v) is 2.16. The molecular weight excluding hydrogens is 226 g/mol. The van der Waals surface area contributed by atoms with Crippen molar-refractivity contribution < 1.29 is 24.9 Å². The number of phenolic OH excluding ortho intramolecular Hbond substituents is 1. The number of benzene rings is 1. The number of amides is 1. The summed E-state index contributed by atoms with van der Waals surface area (Å²) in [4.78, 5) is 11.6. The van der Waals surface area contributed by atoms with E-state index >= 15 is 0 Å². The van der Waals surface area contributed by atoms with E-state index in [9.17, 15) is 9.90 Å². The first-order valence-electron chi connectivity index (χ1n) is 5.02. The molecule has 0 aromatic heterocycles. The van der Waals surface area contributed by atoms with Crippen molar-refractivity contribution in [2.45, 2.75) is 6.10 Å². The number of methoxy groups -OCH3 is 1. The number of phenols is 1. The second-order valence-electron chi connectivity index (χ2n) is 3.43. The summed E-state index contributed by atoms with van der Waals surface area (Å²) in [5, 5.41) is 29.5. The fourth-order valence-electron chi connectivity index (χ4n) is 1.19. The Balaban J connectivity index is 2.74. The van der Waals surface area contributed by atoms with Gasteiger partial charge in [0.1, 0.15) is 11.5 Å². The van der Waals surface area contributed by atoms with Gasteiger partial charge in [0.25, 0.3) is 5.91 Å². The molecule has 1 aromatic carbocycles. The van der Waals surface area contributed by atoms with Crippen molar-refractivity contribution in [2.75, 3.05) is 20.3 Å². The van der Waals surface area contributed by atoms with Crippen LogP contribution in [0.5, 0.6) is 11.5 Å². The lowest BCUT2D eigenvalue weighted by atomic mass is 10.1. The van der Waals surface area contributed by atoms with Crippen molar-refractivity contribution in [1.82, 2.24) is 5.32 Å². The molecule has 0 spiro atoms. The van der Waals surface area contributed by atoms with Gasteiger partial charge in [0.2, 0.25) is 0 Å². The van der Waals surface area contributed by atoms with Crippen molar-refractivity contribution >= 4 is 5.91 Å². The average Bonchev–Trinajstić information content (AvgIpc) is 2.36. The number of carbonyl (C=O) groups is 1. The molecule has 0 radical (unpaired) electrons. The third-order valence-electron chi connectivity index (χ3n) is 2.16. The first kappa shape index (κ1) is 13.3. The number of hydrogen-bond acceptors (Lipinski definition) is 5. The summed E-state index contributed by atoms with van der Waals surface area (Å²) < 4.78 is 4.93. The Morgan fingerprint density at radius 1 is 1.53 bits per heavy atom. The summed E-state index contributed by atoms with van der Waals surface area (Å²) in [6, 6.07) is 4.25. The highest BCUT2D eigenvalue weighted by atomic mass is 16.5. The third kappa shape index (κ3) is 3.61. The molecule has 4 N–H and O–H groups in total. The molecule has 0 saturated heterocycles. The highest BCUT2D eigenvalue weighted by molar-refractivity contribution is 5.97. The minimum atomic E-state index is -1.02. The van der Waals surface area contributed by atoms with Gasteiger partial charge in [-0.2, -0.15) is 0 Å². The van der Waals surface area contributed by atoms with Gasteiger partial charge in [-0.25, -0.2) is 0 Å². The summed E-state index contributed by atoms with van der Waals surface area (Å²) in [7, 11) is 1.45. The van der Waals surface area contributed by atoms with Crippen LogP contribution in [0.1, 0.15) is 10.4 Å². The maximum absolute atomic E-state index is 11.6. The molecule has 1 rings (SSSR count). The normalized spacial score (nSPS) is 11.9. The Labute approximate surface area is 98.5 Å². The second-order valence-corrected chi connectivity index (χ2v) is 3.43. The van der Waals surface area contributed by atoms with Gasteiger partial charge >= 0.3 is 0 Å². The average molecular weight is 241 g/mol. The zero-order chi connectivity index (χ0) is 12.8. The lowest BCUT2D eigenvalue weighted by molar-refractivity contribution is 0.0800. The summed E-state index contributed by atoms with van der Waals surface area (Å²) in [6.45, 7) is -0.531. The Morgan fingerprint density at radius 2 is 2.24 bits per heavy atom. The molecular formula is C11H15NO5. The Bertz CT molecular complexity index is 393. The maximum Gasteiger partial charge on any atom is 0.255 e. The number of aliphatic hydroxyl groups is 2. The molecule has 0 saturated carbocycles. The Morgan fingerprint density at radius 3 is 2.82 bits per heavy atom. The summed E-state index contributed by atoms with van der Waals surface area (Å²) in [6.07, 6.45) is -1.02. The lowest BCUT2D eigenvalue weighted by Crippen LogP contribution is -2.33. The monoisotopic (exact) mass is 241 g/mol. The number of carbonyl (C=O) groups excluding carboxylic acids is 1. The van der Waals surface area contributed by atoms with Crippen molar-refractivity contribution in [1.29, 1.82) is 0 Å². The van der Waals surface area contributed by atoms with Crippen LogP contribution in [0.15, 0.2) is 18.2 Å². The molecule has 1 aromatic rings. The fraction of sp³-hybridized carbons (Fsp3) is 0.364. The van der Waals surface area contributed by atoms with Crippen LogP contribution in [0.3, 0.4) is 0 Å². The van der Waals surface area contributed by atoms with Gasteiger partial charge < -0.3 is 25.4 Å². The van der Waals surface area contributed by atoms with Crippen LogP contribution in [0.25, 0.3) is 0 Å².